The Morgan fingerprint density at radius 3 is 3.05 bits per heavy atom. The summed E-state index contributed by atoms with van der Waals surface area (Å²) in [6, 6.07) is 5.61. The Morgan fingerprint density at radius 2 is 2.26 bits per heavy atom. The van der Waals surface area contributed by atoms with E-state index in [0.29, 0.717) is 12.3 Å². The molecule has 0 saturated carbocycles. The number of carbonyl (C=O) groups excluding carboxylic acids is 1. The molecule has 0 unspecified atom stereocenters. The molecule has 1 aromatic rings. The van der Waals surface area contributed by atoms with Gasteiger partial charge in [-0.05, 0) is 24.6 Å². The number of rotatable bonds is 6. The van der Waals surface area contributed by atoms with Crippen molar-refractivity contribution in [3.8, 4) is 11.5 Å². The Morgan fingerprint density at radius 1 is 1.47 bits per heavy atom. The average Bonchev–Trinajstić information content (AvgIpc) is 2.89. The van der Waals surface area contributed by atoms with Crippen molar-refractivity contribution in [3.05, 3.63) is 23.8 Å². The summed E-state index contributed by atoms with van der Waals surface area (Å²) in [6.45, 7) is 2.62. The Hall–Kier alpha value is -1.40. The monoisotopic (exact) mass is 283 g/mol. The van der Waals surface area contributed by atoms with E-state index >= 15 is 0 Å². The van der Waals surface area contributed by atoms with Gasteiger partial charge in [-0.15, -0.1) is 11.8 Å². The van der Waals surface area contributed by atoms with Crippen LogP contribution >= 0.6 is 11.8 Å². The maximum Gasteiger partial charge on any atom is 0.233 e. The molecule has 19 heavy (non-hydrogen) atoms. The molecule has 6 heteroatoms. The maximum atomic E-state index is 11.8. The summed E-state index contributed by atoms with van der Waals surface area (Å²) in [4.78, 5) is 11.8. The second-order valence-corrected chi connectivity index (χ2v) is 5.59. The largest absolute Gasteiger partial charge is 0.454 e. The number of benzene rings is 1. The summed E-state index contributed by atoms with van der Waals surface area (Å²) in [5.74, 6) is 1.99. The normalized spacial score (nSPS) is 14.2. The molecule has 1 aromatic carbocycles. The van der Waals surface area contributed by atoms with Crippen molar-refractivity contribution in [2.24, 2.45) is 0 Å². The lowest BCUT2D eigenvalue weighted by Gasteiger charge is -2.11. The van der Waals surface area contributed by atoms with Gasteiger partial charge in [-0.2, -0.15) is 0 Å². The van der Waals surface area contributed by atoms with Gasteiger partial charge in [0.05, 0.1) is 11.9 Å². The molecule has 0 radical (unpaired) electrons. The van der Waals surface area contributed by atoms with Crippen LogP contribution in [0.15, 0.2) is 18.2 Å². The molecule has 1 atom stereocenters. The highest BCUT2D eigenvalue weighted by Crippen LogP contribution is 2.32. The van der Waals surface area contributed by atoms with Gasteiger partial charge in [0, 0.05) is 12.3 Å². The average molecular weight is 283 g/mol. The van der Waals surface area contributed by atoms with Gasteiger partial charge in [0.2, 0.25) is 12.7 Å². The van der Waals surface area contributed by atoms with Crippen LogP contribution in [0, 0.1) is 0 Å². The lowest BCUT2D eigenvalue weighted by molar-refractivity contribution is -0.120. The van der Waals surface area contributed by atoms with Crippen molar-refractivity contribution in [1.82, 2.24) is 5.32 Å². The summed E-state index contributed by atoms with van der Waals surface area (Å²) < 4.78 is 10.5. The zero-order chi connectivity index (χ0) is 13.7. The van der Waals surface area contributed by atoms with Crippen molar-refractivity contribution in [1.29, 1.82) is 0 Å². The lowest BCUT2D eigenvalue weighted by atomic mass is 10.2. The van der Waals surface area contributed by atoms with E-state index in [9.17, 15) is 4.79 Å². The molecule has 1 heterocycles. The second-order valence-electron chi connectivity index (χ2n) is 4.14. The summed E-state index contributed by atoms with van der Waals surface area (Å²) >= 11 is 1.43. The van der Waals surface area contributed by atoms with Gasteiger partial charge in [0.25, 0.3) is 0 Å². The number of aliphatic hydroxyl groups is 1. The van der Waals surface area contributed by atoms with Gasteiger partial charge in [-0.1, -0.05) is 6.07 Å². The third kappa shape index (κ3) is 3.78. The van der Waals surface area contributed by atoms with Crippen molar-refractivity contribution in [2.75, 3.05) is 19.2 Å². The molecule has 2 N–H and O–H groups in total. The molecule has 1 aliphatic heterocycles. The molecule has 1 amide bonds. The number of thioether (sulfide) groups is 1. The number of amides is 1. The fraction of sp³-hybridized carbons (Fsp3) is 0.462. The van der Waals surface area contributed by atoms with Gasteiger partial charge >= 0.3 is 0 Å². The Kier molecular flexibility index (Phi) is 4.93. The van der Waals surface area contributed by atoms with E-state index in [1.165, 1.54) is 11.8 Å². The SMILES string of the molecule is C[C@@H](SCCO)C(=O)NCc1ccc2c(c1)OCO2. The first-order chi connectivity index (χ1) is 9.20. The zero-order valence-corrected chi connectivity index (χ0v) is 11.5. The summed E-state index contributed by atoms with van der Waals surface area (Å²) in [7, 11) is 0. The molecule has 5 nitrogen and oxygen atoms in total. The highest BCUT2D eigenvalue weighted by molar-refractivity contribution is 8.00. The van der Waals surface area contributed by atoms with E-state index in [1.54, 1.807) is 0 Å². The fourth-order valence-corrected chi connectivity index (χ4v) is 2.38. The van der Waals surface area contributed by atoms with Crippen molar-refractivity contribution >= 4 is 17.7 Å². The summed E-state index contributed by atoms with van der Waals surface area (Å²) in [5, 5.41) is 11.4. The van der Waals surface area contributed by atoms with E-state index in [1.807, 2.05) is 25.1 Å². The van der Waals surface area contributed by atoms with Gasteiger partial charge in [-0.3, -0.25) is 4.79 Å². The number of carbonyl (C=O) groups is 1. The molecule has 1 aliphatic rings. The first-order valence-electron chi connectivity index (χ1n) is 6.09. The van der Waals surface area contributed by atoms with Crippen LogP contribution < -0.4 is 14.8 Å². The number of aliphatic hydroxyl groups excluding tert-OH is 1. The molecule has 0 fully saturated rings. The van der Waals surface area contributed by atoms with E-state index in [4.69, 9.17) is 14.6 Å². The zero-order valence-electron chi connectivity index (χ0n) is 10.7. The third-order valence-electron chi connectivity index (χ3n) is 2.73. The maximum absolute atomic E-state index is 11.8. The Labute approximate surface area is 116 Å². The van der Waals surface area contributed by atoms with Crippen LogP contribution in [0.2, 0.25) is 0 Å². The van der Waals surface area contributed by atoms with Crippen LogP contribution in [0.3, 0.4) is 0 Å². The first kappa shape index (κ1) is 14.0. The quantitative estimate of drug-likeness (QED) is 0.819. The highest BCUT2D eigenvalue weighted by atomic mass is 32.2. The van der Waals surface area contributed by atoms with Gasteiger partial charge in [0.15, 0.2) is 11.5 Å². The van der Waals surface area contributed by atoms with Crippen LogP contribution in [-0.2, 0) is 11.3 Å². The number of hydrogen-bond acceptors (Lipinski definition) is 5. The molecule has 0 spiro atoms. The molecule has 2 rings (SSSR count). The van der Waals surface area contributed by atoms with E-state index < -0.39 is 0 Å². The van der Waals surface area contributed by atoms with Gasteiger partial charge in [-0.25, -0.2) is 0 Å². The van der Waals surface area contributed by atoms with E-state index in [0.717, 1.165) is 17.1 Å². The van der Waals surface area contributed by atoms with Crippen LogP contribution in [0.5, 0.6) is 11.5 Å². The topological polar surface area (TPSA) is 67.8 Å². The van der Waals surface area contributed by atoms with Crippen molar-refractivity contribution in [2.45, 2.75) is 18.7 Å². The van der Waals surface area contributed by atoms with Crippen LogP contribution in [0.25, 0.3) is 0 Å². The minimum atomic E-state index is -0.166. The minimum Gasteiger partial charge on any atom is -0.454 e. The molecular formula is C13H17NO4S. The molecule has 0 saturated heterocycles. The number of fused-ring (bicyclic) bond motifs is 1. The van der Waals surface area contributed by atoms with Crippen molar-refractivity contribution in [3.63, 3.8) is 0 Å². The van der Waals surface area contributed by atoms with E-state index in [2.05, 4.69) is 5.32 Å². The lowest BCUT2D eigenvalue weighted by Crippen LogP contribution is -2.30. The Balaban J connectivity index is 1.83. The summed E-state index contributed by atoms with van der Waals surface area (Å²) in [5.41, 5.74) is 0.969. The number of hydrogen-bond donors (Lipinski definition) is 2. The molecular weight excluding hydrogens is 266 g/mol. The predicted octanol–water partition coefficient (Wildman–Crippen LogP) is 1.15. The minimum absolute atomic E-state index is 0.0314. The molecule has 0 aliphatic carbocycles. The first-order valence-corrected chi connectivity index (χ1v) is 7.14. The van der Waals surface area contributed by atoms with E-state index in [-0.39, 0.29) is 24.6 Å². The highest BCUT2D eigenvalue weighted by Gasteiger charge is 2.15. The number of ether oxygens (including phenoxy) is 2. The van der Waals surface area contributed by atoms with Gasteiger partial charge < -0.3 is 19.9 Å². The smallest absolute Gasteiger partial charge is 0.233 e. The standard InChI is InChI=1S/C13H17NO4S/c1-9(19-5-4-15)13(16)14-7-10-2-3-11-12(6-10)18-8-17-11/h2-3,6,9,15H,4-5,7-8H2,1H3,(H,14,16)/t9-/m1/s1. The second kappa shape index (κ2) is 6.68. The Bertz CT molecular complexity index is 452. The molecule has 0 bridgehead atoms. The van der Waals surface area contributed by atoms with Crippen LogP contribution in [-0.4, -0.2) is 35.4 Å². The van der Waals surface area contributed by atoms with Crippen LogP contribution in [0.4, 0.5) is 0 Å². The predicted molar refractivity (Wildman–Crippen MR) is 73.4 cm³/mol. The van der Waals surface area contributed by atoms with Crippen molar-refractivity contribution < 1.29 is 19.4 Å². The third-order valence-corrected chi connectivity index (χ3v) is 3.86. The van der Waals surface area contributed by atoms with Crippen LogP contribution in [0.1, 0.15) is 12.5 Å². The molecule has 104 valence electrons. The summed E-state index contributed by atoms with van der Waals surface area (Å²) in [6.07, 6.45) is 0. The van der Waals surface area contributed by atoms with Gasteiger partial charge in [0.1, 0.15) is 0 Å². The molecule has 0 aromatic heterocycles. The fourth-order valence-electron chi connectivity index (χ4n) is 1.69. The number of nitrogens with one attached hydrogen (secondary N) is 1.